The van der Waals surface area contributed by atoms with Crippen molar-refractivity contribution in [1.29, 1.82) is 0 Å². The normalized spacial score (nSPS) is 20.0. The Kier molecular flexibility index (Phi) is 4.62. The number of thiophene rings is 1. The number of halogens is 1. The van der Waals surface area contributed by atoms with E-state index in [0.29, 0.717) is 10.4 Å². The molecule has 3 aromatic rings. The van der Waals surface area contributed by atoms with E-state index in [1.165, 1.54) is 18.3 Å². The Balaban J connectivity index is 1.63. The number of aromatic nitrogens is 1. The van der Waals surface area contributed by atoms with Crippen molar-refractivity contribution in [3.63, 3.8) is 0 Å². The molecule has 0 amide bonds. The highest BCUT2D eigenvalue weighted by atomic mass is 32.2. The zero-order chi connectivity index (χ0) is 20.1. The molecule has 2 aromatic heterocycles. The molecule has 0 spiro atoms. The first-order chi connectivity index (χ1) is 13.2. The van der Waals surface area contributed by atoms with E-state index in [2.05, 4.69) is 9.71 Å². The number of aromatic amines is 1. The van der Waals surface area contributed by atoms with E-state index < -0.39 is 33.6 Å². The van der Waals surface area contributed by atoms with E-state index >= 15 is 0 Å². The molecule has 4 N–H and O–H groups in total. The number of rotatable bonds is 4. The Morgan fingerprint density at radius 2 is 1.89 bits per heavy atom. The molecule has 1 aromatic carbocycles. The number of pyridine rings is 1. The Morgan fingerprint density at radius 1 is 1.18 bits per heavy atom. The minimum absolute atomic E-state index is 0.0557. The third-order valence-corrected chi connectivity index (χ3v) is 7.51. The molecule has 8 nitrogen and oxygen atoms in total. The zero-order valence-electron chi connectivity index (χ0n) is 14.3. The molecule has 0 bridgehead atoms. The Bertz CT molecular complexity index is 1200. The lowest BCUT2D eigenvalue weighted by Crippen LogP contribution is -2.22. The summed E-state index contributed by atoms with van der Waals surface area (Å²) in [5.41, 5.74) is -0.784. The maximum absolute atomic E-state index is 14.3. The van der Waals surface area contributed by atoms with Crippen LogP contribution in [0, 0.1) is 5.82 Å². The van der Waals surface area contributed by atoms with Crippen LogP contribution in [0.4, 0.5) is 15.1 Å². The average molecular weight is 425 g/mol. The van der Waals surface area contributed by atoms with Gasteiger partial charge in [0.1, 0.15) is 10.0 Å². The Morgan fingerprint density at radius 3 is 2.61 bits per heavy atom. The van der Waals surface area contributed by atoms with E-state index in [9.17, 15) is 27.8 Å². The number of benzene rings is 1. The molecule has 0 saturated carbocycles. The second-order valence-electron chi connectivity index (χ2n) is 6.46. The number of nitrogens with zero attached hydrogens (tertiary/aromatic N) is 1. The maximum atomic E-state index is 14.3. The predicted octanol–water partition coefficient (Wildman–Crippen LogP) is 1.07. The predicted molar refractivity (Wildman–Crippen MR) is 104 cm³/mol. The maximum Gasteiger partial charge on any atom is 0.271 e. The minimum atomic E-state index is -4.09. The van der Waals surface area contributed by atoms with Crippen molar-refractivity contribution in [2.24, 2.45) is 0 Å². The summed E-state index contributed by atoms with van der Waals surface area (Å²) in [6.07, 6.45) is -0.414. The van der Waals surface area contributed by atoms with Crippen LogP contribution in [0.2, 0.25) is 0 Å². The van der Waals surface area contributed by atoms with Gasteiger partial charge in [-0.1, -0.05) is 0 Å². The fourth-order valence-electron chi connectivity index (χ4n) is 3.06. The van der Waals surface area contributed by atoms with Crippen LogP contribution >= 0.6 is 11.3 Å². The molecule has 3 heterocycles. The number of H-pyrrole nitrogens is 1. The van der Waals surface area contributed by atoms with E-state index in [4.69, 9.17) is 0 Å². The van der Waals surface area contributed by atoms with Crippen LogP contribution in [0.25, 0.3) is 10.8 Å². The first kappa shape index (κ1) is 18.9. The molecule has 11 heteroatoms. The molecule has 0 aliphatic carbocycles. The van der Waals surface area contributed by atoms with Gasteiger partial charge in [-0.2, -0.15) is 0 Å². The van der Waals surface area contributed by atoms with E-state index in [0.717, 1.165) is 23.5 Å². The highest BCUT2D eigenvalue weighted by Crippen LogP contribution is 2.33. The van der Waals surface area contributed by atoms with Crippen LogP contribution in [0.15, 0.2) is 45.5 Å². The molecule has 0 unspecified atom stereocenters. The van der Waals surface area contributed by atoms with E-state index in [-0.39, 0.29) is 28.4 Å². The lowest BCUT2D eigenvalue weighted by Gasteiger charge is -2.14. The monoisotopic (exact) mass is 425 g/mol. The number of sulfonamides is 1. The van der Waals surface area contributed by atoms with Gasteiger partial charge in [-0.05, 0) is 35.7 Å². The molecule has 1 saturated heterocycles. The fraction of sp³-hybridized carbons (Fsp3) is 0.235. The van der Waals surface area contributed by atoms with Gasteiger partial charge in [0, 0.05) is 24.7 Å². The van der Waals surface area contributed by atoms with Crippen molar-refractivity contribution in [2.75, 3.05) is 22.7 Å². The quantitative estimate of drug-likeness (QED) is 0.496. The number of hydrogen-bond donors (Lipinski definition) is 4. The highest BCUT2D eigenvalue weighted by Gasteiger charge is 2.31. The molecule has 1 fully saturated rings. The van der Waals surface area contributed by atoms with Crippen molar-refractivity contribution in [3.05, 3.63) is 52.7 Å². The first-order valence-corrected chi connectivity index (χ1v) is 10.6. The van der Waals surface area contributed by atoms with Crippen LogP contribution in [0.5, 0.6) is 0 Å². The van der Waals surface area contributed by atoms with Crippen LogP contribution < -0.4 is 15.2 Å². The zero-order valence-corrected chi connectivity index (χ0v) is 15.9. The number of hydrogen-bond acceptors (Lipinski definition) is 7. The Labute approximate surface area is 162 Å². The summed E-state index contributed by atoms with van der Waals surface area (Å²) in [5.74, 6) is -0.802. The third kappa shape index (κ3) is 3.37. The van der Waals surface area contributed by atoms with Gasteiger partial charge in [-0.3, -0.25) is 9.52 Å². The first-order valence-electron chi connectivity index (χ1n) is 8.29. The molecule has 4 rings (SSSR count). The fourth-order valence-corrected chi connectivity index (χ4v) is 5.43. The lowest BCUT2D eigenvalue weighted by atomic mass is 10.1. The van der Waals surface area contributed by atoms with Gasteiger partial charge in [0.05, 0.1) is 22.9 Å². The summed E-state index contributed by atoms with van der Waals surface area (Å²) >= 11 is 0.936. The van der Waals surface area contributed by atoms with Crippen molar-refractivity contribution in [2.45, 2.75) is 16.4 Å². The Hall–Kier alpha value is -2.47. The second-order valence-corrected chi connectivity index (χ2v) is 9.44. The van der Waals surface area contributed by atoms with Crippen molar-refractivity contribution in [1.82, 2.24) is 4.98 Å². The molecular weight excluding hydrogens is 409 g/mol. The molecule has 1 aliphatic heterocycles. The van der Waals surface area contributed by atoms with Gasteiger partial charge in [-0.15, -0.1) is 11.3 Å². The summed E-state index contributed by atoms with van der Waals surface area (Å²) in [5, 5.41) is 20.4. The van der Waals surface area contributed by atoms with Crippen LogP contribution in [-0.4, -0.2) is 48.9 Å². The topological polar surface area (TPSA) is 123 Å². The van der Waals surface area contributed by atoms with Crippen molar-refractivity contribution < 1.29 is 23.0 Å². The van der Waals surface area contributed by atoms with Crippen molar-refractivity contribution in [3.8, 4) is 0 Å². The summed E-state index contributed by atoms with van der Waals surface area (Å²) in [6.45, 7) is 0.382. The summed E-state index contributed by atoms with van der Waals surface area (Å²) < 4.78 is 41.8. The largest absolute Gasteiger partial charge is 0.389 e. The van der Waals surface area contributed by atoms with Crippen molar-refractivity contribution >= 4 is 42.8 Å². The number of aliphatic hydroxyl groups is 2. The van der Waals surface area contributed by atoms with Crippen LogP contribution in [0.3, 0.4) is 0 Å². The summed E-state index contributed by atoms with van der Waals surface area (Å²) in [6, 6.07) is 6.69. The number of fused-ring (bicyclic) bond motifs is 1. The lowest BCUT2D eigenvalue weighted by molar-refractivity contribution is 0.0572. The number of aliphatic hydroxyl groups excluding tert-OH is 2. The minimum Gasteiger partial charge on any atom is -0.389 e. The van der Waals surface area contributed by atoms with E-state index in [1.807, 2.05) is 0 Å². The number of nitrogens with one attached hydrogen (secondary N) is 2. The van der Waals surface area contributed by atoms with Gasteiger partial charge < -0.3 is 20.1 Å². The molecule has 2 atom stereocenters. The van der Waals surface area contributed by atoms with Gasteiger partial charge in [0.2, 0.25) is 0 Å². The smallest absolute Gasteiger partial charge is 0.271 e. The third-order valence-electron chi connectivity index (χ3n) is 4.51. The summed E-state index contributed by atoms with van der Waals surface area (Å²) in [4.78, 5) is 16.0. The van der Waals surface area contributed by atoms with Gasteiger partial charge in [-0.25, -0.2) is 12.8 Å². The van der Waals surface area contributed by atoms with Gasteiger partial charge in [0.25, 0.3) is 15.6 Å². The van der Waals surface area contributed by atoms with Gasteiger partial charge >= 0.3 is 0 Å². The number of anilines is 2. The molecule has 0 radical (unpaired) electrons. The van der Waals surface area contributed by atoms with Gasteiger partial charge in [0.15, 0.2) is 0 Å². The molecular formula is C17H16FN3O5S2. The SMILES string of the molecule is O=c1[nH]ccc2cc(F)c(NS(=O)(=O)c3ccc(N4C[C@@H](O)[C@@H](O)C4)s3)cc12. The average Bonchev–Trinajstić information content (AvgIpc) is 3.24. The second kappa shape index (κ2) is 6.85. The molecule has 1 aliphatic rings. The molecule has 148 valence electrons. The molecule has 28 heavy (non-hydrogen) atoms. The highest BCUT2D eigenvalue weighted by molar-refractivity contribution is 7.94. The van der Waals surface area contributed by atoms with Crippen LogP contribution in [0.1, 0.15) is 0 Å². The van der Waals surface area contributed by atoms with Crippen LogP contribution in [-0.2, 0) is 10.0 Å². The number of β-amino-alcohol motifs (C(OH)–C–C–N with tert-alkyl or cyclic N) is 2. The van der Waals surface area contributed by atoms with E-state index in [1.54, 1.807) is 11.0 Å². The standard InChI is InChI=1S/C17H16FN3O5S2/c18-11-5-9-3-4-19-17(24)10(9)6-12(11)20-28(25,26)16-2-1-15(27-16)21-7-13(22)14(23)8-21/h1-6,13-14,20,22-23H,7-8H2,(H,19,24)/t13-,14+. The summed E-state index contributed by atoms with van der Waals surface area (Å²) in [7, 11) is -4.09.